The maximum atomic E-state index is 14.2. The molecule has 0 spiro atoms. The number of rotatable bonds is 9. The van der Waals surface area contributed by atoms with Crippen LogP contribution in [-0.2, 0) is 26.1 Å². The zero-order valence-corrected chi connectivity index (χ0v) is 25.7. The number of thiazole rings is 1. The zero-order chi connectivity index (χ0) is 30.8. The predicted molar refractivity (Wildman–Crippen MR) is 163 cm³/mol. The van der Waals surface area contributed by atoms with Crippen molar-refractivity contribution in [3.05, 3.63) is 90.2 Å². The van der Waals surface area contributed by atoms with Crippen LogP contribution in [0.15, 0.2) is 63.5 Å². The van der Waals surface area contributed by atoms with Crippen molar-refractivity contribution in [1.82, 2.24) is 9.13 Å². The molecule has 4 aromatic rings. The standard InChI is InChI=1S/C32H33N3O7S/c1-7-40-25-15-20(13-14-24(25)42-17-27(36)39-6)29-28(31(38)41-8-2)18(3)33-32-35(29)30(37)26(43-32)16-22-19(4)34(5)23-12-10-9-11-21(22)23/h9-16,29H,7-8,17H2,1-6H3/b26-16-/t29-/m0/s1. The first kappa shape index (κ1) is 29.8. The Labute approximate surface area is 252 Å². The second-order valence-electron chi connectivity index (χ2n) is 9.88. The number of hydrogen-bond acceptors (Lipinski definition) is 9. The largest absolute Gasteiger partial charge is 0.490 e. The number of esters is 2. The molecule has 0 fully saturated rings. The quantitative estimate of drug-likeness (QED) is 0.269. The summed E-state index contributed by atoms with van der Waals surface area (Å²) in [6.07, 6.45) is 1.90. The van der Waals surface area contributed by atoms with E-state index in [2.05, 4.69) is 14.3 Å². The number of aromatic nitrogens is 2. The van der Waals surface area contributed by atoms with E-state index < -0.39 is 18.0 Å². The van der Waals surface area contributed by atoms with Gasteiger partial charge in [0.05, 0.1) is 42.2 Å². The number of fused-ring (bicyclic) bond motifs is 2. The molecule has 0 amide bonds. The van der Waals surface area contributed by atoms with Crippen LogP contribution in [0.1, 0.15) is 43.6 Å². The summed E-state index contributed by atoms with van der Waals surface area (Å²) in [6, 6.07) is 12.3. The lowest BCUT2D eigenvalue weighted by Gasteiger charge is -2.25. The van der Waals surface area contributed by atoms with Crippen LogP contribution in [0.4, 0.5) is 0 Å². The first-order valence-electron chi connectivity index (χ1n) is 13.9. The number of carbonyl (C=O) groups is 2. The van der Waals surface area contributed by atoms with Crippen molar-refractivity contribution in [3.8, 4) is 11.5 Å². The minimum absolute atomic E-state index is 0.164. The number of carbonyl (C=O) groups excluding carboxylic acids is 2. The van der Waals surface area contributed by atoms with Gasteiger partial charge in [-0.25, -0.2) is 14.6 Å². The van der Waals surface area contributed by atoms with Crippen LogP contribution in [0.2, 0.25) is 0 Å². The molecule has 0 unspecified atom stereocenters. The van der Waals surface area contributed by atoms with Crippen molar-refractivity contribution in [2.45, 2.75) is 33.7 Å². The molecule has 2 aromatic heterocycles. The van der Waals surface area contributed by atoms with Crippen molar-refractivity contribution < 1.29 is 28.5 Å². The molecule has 5 rings (SSSR count). The highest BCUT2D eigenvalue weighted by Gasteiger charge is 2.34. The SMILES string of the molecule is CCOC(=O)C1=C(C)N=c2s/c(=C\c3c(C)n(C)c4ccccc34)c(=O)n2[C@H]1c1ccc(OCC(=O)OC)c(OCC)c1. The van der Waals surface area contributed by atoms with Gasteiger partial charge in [-0.15, -0.1) is 0 Å². The van der Waals surface area contributed by atoms with E-state index in [4.69, 9.17) is 14.2 Å². The molecule has 1 aliphatic rings. The summed E-state index contributed by atoms with van der Waals surface area (Å²) in [5, 5.41) is 1.04. The van der Waals surface area contributed by atoms with E-state index >= 15 is 0 Å². The van der Waals surface area contributed by atoms with Crippen LogP contribution in [0.25, 0.3) is 17.0 Å². The molecule has 2 aromatic carbocycles. The summed E-state index contributed by atoms with van der Waals surface area (Å²) in [5.41, 5.74) is 4.08. The maximum Gasteiger partial charge on any atom is 0.343 e. The zero-order valence-electron chi connectivity index (χ0n) is 24.9. The molecule has 0 aliphatic carbocycles. The minimum atomic E-state index is -0.833. The van der Waals surface area contributed by atoms with Crippen LogP contribution < -0.4 is 24.4 Å². The number of benzene rings is 2. The molecular formula is C32H33N3O7S. The van der Waals surface area contributed by atoms with Crippen molar-refractivity contribution in [2.75, 3.05) is 26.9 Å². The molecule has 11 heteroatoms. The van der Waals surface area contributed by atoms with Crippen molar-refractivity contribution in [1.29, 1.82) is 0 Å². The third-order valence-corrected chi connectivity index (χ3v) is 8.38. The Morgan fingerprint density at radius 1 is 1.05 bits per heavy atom. The fourth-order valence-electron chi connectivity index (χ4n) is 5.25. The first-order valence-corrected chi connectivity index (χ1v) is 14.7. The van der Waals surface area contributed by atoms with Crippen molar-refractivity contribution in [3.63, 3.8) is 0 Å². The lowest BCUT2D eigenvalue weighted by atomic mass is 9.95. The Hall–Kier alpha value is -4.64. The summed E-state index contributed by atoms with van der Waals surface area (Å²) in [6.45, 7) is 7.50. The Morgan fingerprint density at radius 2 is 1.81 bits per heavy atom. The van der Waals surface area contributed by atoms with Gasteiger partial charge in [-0.3, -0.25) is 9.36 Å². The Kier molecular flexibility index (Phi) is 8.54. The average molecular weight is 604 g/mol. The van der Waals surface area contributed by atoms with Crippen molar-refractivity contribution >= 4 is 40.3 Å². The second-order valence-corrected chi connectivity index (χ2v) is 10.9. The van der Waals surface area contributed by atoms with Crippen LogP contribution in [0.5, 0.6) is 11.5 Å². The molecule has 1 aliphatic heterocycles. The van der Waals surface area contributed by atoms with E-state index in [0.717, 1.165) is 22.2 Å². The fourth-order valence-corrected chi connectivity index (χ4v) is 6.28. The Balaban J connectivity index is 1.71. The number of aryl methyl sites for hydroxylation is 1. The molecule has 43 heavy (non-hydrogen) atoms. The number of ether oxygens (including phenoxy) is 4. The van der Waals surface area contributed by atoms with E-state index in [1.54, 1.807) is 32.0 Å². The van der Waals surface area contributed by atoms with Gasteiger partial charge in [-0.05, 0) is 57.5 Å². The van der Waals surface area contributed by atoms with Crippen LogP contribution in [0.3, 0.4) is 0 Å². The van der Waals surface area contributed by atoms with E-state index in [-0.39, 0.29) is 24.3 Å². The first-order chi connectivity index (χ1) is 20.7. The van der Waals surface area contributed by atoms with Gasteiger partial charge in [-0.1, -0.05) is 35.6 Å². The minimum Gasteiger partial charge on any atom is -0.490 e. The molecular weight excluding hydrogens is 570 g/mol. The summed E-state index contributed by atoms with van der Waals surface area (Å²) in [4.78, 5) is 44.3. The molecule has 10 nitrogen and oxygen atoms in total. The van der Waals surface area contributed by atoms with E-state index in [1.165, 1.54) is 23.0 Å². The smallest absolute Gasteiger partial charge is 0.343 e. The monoisotopic (exact) mass is 603 g/mol. The number of para-hydroxylation sites is 1. The molecule has 0 radical (unpaired) electrons. The summed E-state index contributed by atoms with van der Waals surface area (Å²) in [7, 11) is 3.28. The van der Waals surface area contributed by atoms with Crippen molar-refractivity contribution in [2.24, 2.45) is 12.0 Å². The van der Waals surface area contributed by atoms with Gasteiger partial charge in [0.15, 0.2) is 22.9 Å². The molecule has 0 bridgehead atoms. The number of nitrogens with zero attached hydrogens (tertiary/aromatic N) is 3. The highest BCUT2D eigenvalue weighted by Crippen LogP contribution is 2.36. The van der Waals surface area contributed by atoms with Gasteiger partial charge in [0.25, 0.3) is 5.56 Å². The second kappa shape index (κ2) is 12.3. The van der Waals surface area contributed by atoms with Crippen LogP contribution >= 0.6 is 11.3 Å². The van der Waals surface area contributed by atoms with Crippen LogP contribution in [-0.4, -0.2) is 48.0 Å². The lowest BCUT2D eigenvalue weighted by Crippen LogP contribution is -2.40. The van der Waals surface area contributed by atoms with Gasteiger partial charge in [0, 0.05) is 29.2 Å². The molecule has 224 valence electrons. The van der Waals surface area contributed by atoms with Gasteiger partial charge >= 0.3 is 11.9 Å². The number of allylic oxidation sites excluding steroid dienone is 1. The highest BCUT2D eigenvalue weighted by molar-refractivity contribution is 7.07. The topological polar surface area (TPSA) is 110 Å². The molecule has 0 saturated carbocycles. The average Bonchev–Trinajstić information content (AvgIpc) is 3.43. The third-order valence-electron chi connectivity index (χ3n) is 7.40. The van der Waals surface area contributed by atoms with Gasteiger partial charge < -0.3 is 23.5 Å². The maximum absolute atomic E-state index is 14.2. The number of methoxy groups -OCH3 is 1. The molecule has 0 N–H and O–H groups in total. The van der Waals surface area contributed by atoms with Gasteiger partial charge in [0.2, 0.25) is 0 Å². The lowest BCUT2D eigenvalue weighted by molar-refractivity contribution is -0.143. The molecule has 1 atom stereocenters. The summed E-state index contributed by atoms with van der Waals surface area (Å²) in [5.74, 6) is -0.413. The Bertz CT molecular complexity index is 1950. The van der Waals surface area contributed by atoms with Crippen LogP contribution in [0, 0.1) is 6.92 Å². The third kappa shape index (κ3) is 5.48. The summed E-state index contributed by atoms with van der Waals surface area (Å²) < 4.78 is 25.7. The highest BCUT2D eigenvalue weighted by atomic mass is 32.1. The fraction of sp³-hybridized carbons (Fsp3) is 0.312. The molecule has 0 saturated heterocycles. The van der Waals surface area contributed by atoms with E-state index in [1.807, 2.05) is 51.2 Å². The van der Waals surface area contributed by atoms with Gasteiger partial charge in [-0.2, -0.15) is 0 Å². The van der Waals surface area contributed by atoms with E-state index in [9.17, 15) is 14.4 Å². The van der Waals surface area contributed by atoms with E-state index in [0.29, 0.717) is 38.7 Å². The predicted octanol–water partition coefficient (Wildman–Crippen LogP) is 3.55. The summed E-state index contributed by atoms with van der Waals surface area (Å²) >= 11 is 1.27. The normalized spacial score (nSPS) is 14.8. The van der Waals surface area contributed by atoms with Gasteiger partial charge in [0.1, 0.15) is 0 Å². The molecule has 3 heterocycles. The Morgan fingerprint density at radius 3 is 2.53 bits per heavy atom. The number of hydrogen-bond donors (Lipinski definition) is 0.